The van der Waals surface area contributed by atoms with Gasteiger partial charge in [0.1, 0.15) is 11.5 Å². The molecule has 1 fully saturated rings. The molecule has 0 aromatic carbocycles. The van der Waals surface area contributed by atoms with Gasteiger partial charge in [-0.2, -0.15) is 0 Å². The molecule has 6 heteroatoms. The summed E-state index contributed by atoms with van der Waals surface area (Å²) in [5, 5.41) is 3.06. The van der Waals surface area contributed by atoms with E-state index in [4.69, 9.17) is 4.42 Å². The molecule has 0 aliphatic carbocycles. The molecule has 3 heterocycles. The minimum absolute atomic E-state index is 0.0154. The van der Waals surface area contributed by atoms with E-state index in [0.717, 1.165) is 50.3 Å². The molecule has 2 amide bonds. The fourth-order valence-electron chi connectivity index (χ4n) is 3.26. The fourth-order valence-corrected chi connectivity index (χ4v) is 3.26. The first-order chi connectivity index (χ1) is 11.7. The Labute approximate surface area is 142 Å². The van der Waals surface area contributed by atoms with Crippen LogP contribution in [0, 0.1) is 6.92 Å². The van der Waals surface area contributed by atoms with Gasteiger partial charge in [-0.05, 0) is 38.3 Å². The first-order valence-corrected chi connectivity index (χ1v) is 8.80. The number of hydrogen-bond donors (Lipinski definition) is 1. The van der Waals surface area contributed by atoms with E-state index >= 15 is 0 Å². The van der Waals surface area contributed by atoms with Crippen LogP contribution in [0.25, 0.3) is 0 Å². The van der Waals surface area contributed by atoms with E-state index in [1.54, 1.807) is 12.5 Å². The standard InChI is InChI=1S/C18H26N4O2/c1-15-7-8-17(24-15)16-6-3-2-4-12-22(16)18(23)20-9-5-11-21-13-10-19-14-21/h7-8,10,13-14,16H,2-6,9,11-12H2,1H3,(H,20,23)/t16-/m1/s1. The van der Waals surface area contributed by atoms with Crippen LogP contribution in [-0.4, -0.2) is 33.6 Å². The summed E-state index contributed by atoms with van der Waals surface area (Å²) in [6.45, 7) is 4.26. The molecule has 0 saturated carbocycles. The number of nitrogens with zero attached hydrogens (tertiary/aromatic N) is 3. The van der Waals surface area contributed by atoms with Crippen molar-refractivity contribution >= 4 is 6.03 Å². The molecule has 0 radical (unpaired) electrons. The fraction of sp³-hybridized carbons (Fsp3) is 0.556. The number of urea groups is 1. The zero-order chi connectivity index (χ0) is 16.8. The SMILES string of the molecule is Cc1ccc([C@H]2CCCCCN2C(=O)NCCCn2ccnc2)o1. The second-order valence-electron chi connectivity index (χ2n) is 6.39. The summed E-state index contributed by atoms with van der Waals surface area (Å²) in [4.78, 5) is 18.6. The highest BCUT2D eigenvalue weighted by atomic mass is 16.3. The number of amides is 2. The lowest BCUT2D eigenvalue weighted by Gasteiger charge is -2.28. The molecule has 130 valence electrons. The lowest BCUT2D eigenvalue weighted by Crippen LogP contribution is -2.42. The summed E-state index contributed by atoms with van der Waals surface area (Å²) in [5.74, 6) is 1.80. The number of aryl methyl sites for hydroxylation is 2. The van der Waals surface area contributed by atoms with Gasteiger partial charge < -0.3 is 19.2 Å². The monoisotopic (exact) mass is 330 g/mol. The zero-order valence-electron chi connectivity index (χ0n) is 14.3. The molecule has 1 N–H and O–H groups in total. The van der Waals surface area contributed by atoms with Crippen molar-refractivity contribution in [3.8, 4) is 0 Å². The average Bonchev–Trinajstić information content (AvgIpc) is 3.18. The number of carbonyl (C=O) groups is 1. The maximum Gasteiger partial charge on any atom is 0.318 e. The molecule has 0 bridgehead atoms. The Morgan fingerprint density at radius 1 is 1.38 bits per heavy atom. The number of carbonyl (C=O) groups excluding carboxylic acids is 1. The first-order valence-electron chi connectivity index (χ1n) is 8.80. The van der Waals surface area contributed by atoms with E-state index in [2.05, 4.69) is 10.3 Å². The van der Waals surface area contributed by atoms with Gasteiger partial charge in [0.25, 0.3) is 0 Å². The van der Waals surface area contributed by atoms with Gasteiger partial charge in [-0.3, -0.25) is 0 Å². The Balaban J connectivity index is 1.55. The third kappa shape index (κ3) is 4.19. The molecule has 2 aromatic rings. The number of rotatable bonds is 5. The number of aromatic nitrogens is 2. The largest absolute Gasteiger partial charge is 0.464 e. The van der Waals surface area contributed by atoms with Crippen LogP contribution in [0.4, 0.5) is 4.79 Å². The zero-order valence-corrected chi connectivity index (χ0v) is 14.3. The Morgan fingerprint density at radius 3 is 3.04 bits per heavy atom. The summed E-state index contributed by atoms with van der Waals surface area (Å²) in [6.07, 6.45) is 10.7. The van der Waals surface area contributed by atoms with Gasteiger partial charge in [0.15, 0.2) is 0 Å². The smallest absolute Gasteiger partial charge is 0.318 e. The third-order valence-corrected chi connectivity index (χ3v) is 4.53. The van der Waals surface area contributed by atoms with Gasteiger partial charge >= 0.3 is 6.03 Å². The second-order valence-corrected chi connectivity index (χ2v) is 6.39. The Hall–Kier alpha value is -2.24. The quantitative estimate of drug-likeness (QED) is 0.853. The lowest BCUT2D eigenvalue weighted by atomic mass is 10.1. The molecule has 0 spiro atoms. The normalized spacial score (nSPS) is 18.4. The van der Waals surface area contributed by atoms with E-state index in [-0.39, 0.29) is 12.1 Å². The van der Waals surface area contributed by atoms with E-state index in [1.165, 1.54) is 6.42 Å². The Kier molecular flexibility index (Phi) is 5.56. The summed E-state index contributed by atoms with van der Waals surface area (Å²) in [5.41, 5.74) is 0. The predicted molar refractivity (Wildman–Crippen MR) is 91.6 cm³/mol. The minimum atomic E-state index is 0.0154. The molecule has 1 saturated heterocycles. The molecule has 2 aromatic heterocycles. The maximum atomic E-state index is 12.7. The van der Waals surface area contributed by atoms with Crippen LogP contribution in [0.2, 0.25) is 0 Å². The molecule has 6 nitrogen and oxygen atoms in total. The third-order valence-electron chi connectivity index (χ3n) is 4.53. The van der Waals surface area contributed by atoms with Gasteiger partial charge in [-0.15, -0.1) is 0 Å². The van der Waals surface area contributed by atoms with Crippen molar-refractivity contribution in [2.45, 2.75) is 51.6 Å². The summed E-state index contributed by atoms with van der Waals surface area (Å²) >= 11 is 0. The summed E-state index contributed by atoms with van der Waals surface area (Å²) < 4.78 is 7.82. The van der Waals surface area contributed by atoms with Crippen LogP contribution in [0.5, 0.6) is 0 Å². The van der Waals surface area contributed by atoms with E-state index < -0.39 is 0 Å². The number of imidazole rings is 1. The van der Waals surface area contributed by atoms with Crippen LogP contribution in [0.1, 0.15) is 49.7 Å². The van der Waals surface area contributed by atoms with Gasteiger partial charge in [0.05, 0.1) is 12.4 Å². The van der Waals surface area contributed by atoms with Crippen molar-refractivity contribution in [3.05, 3.63) is 42.4 Å². The van der Waals surface area contributed by atoms with Gasteiger partial charge in [0, 0.05) is 32.0 Å². The lowest BCUT2D eigenvalue weighted by molar-refractivity contribution is 0.165. The minimum Gasteiger partial charge on any atom is -0.464 e. The van der Waals surface area contributed by atoms with Gasteiger partial charge in [0.2, 0.25) is 0 Å². The van der Waals surface area contributed by atoms with Gasteiger partial charge in [-0.25, -0.2) is 9.78 Å². The van der Waals surface area contributed by atoms with E-state index in [9.17, 15) is 4.79 Å². The highest BCUT2D eigenvalue weighted by Gasteiger charge is 2.28. The maximum absolute atomic E-state index is 12.7. The van der Waals surface area contributed by atoms with Crippen LogP contribution < -0.4 is 5.32 Å². The van der Waals surface area contributed by atoms with Crippen molar-refractivity contribution in [1.29, 1.82) is 0 Å². The summed E-state index contributed by atoms with van der Waals surface area (Å²) in [6, 6.07) is 4.04. The topological polar surface area (TPSA) is 63.3 Å². The molecule has 1 aliphatic rings. The molecular weight excluding hydrogens is 304 g/mol. The van der Waals surface area contributed by atoms with E-state index in [1.807, 2.05) is 34.7 Å². The van der Waals surface area contributed by atoms with Crippen molar-refractivity contribution in [2.24, 2.45) is 0 Å². The second kappa shape index (κ2) is 8.04. The highest BCUT2D eigenvalue weighted by molar-refractivity contribution is 5.74. The number of nitrogens with one attached hydrogen (secondary N) is 1. The molecule has 3 rings (SSSR count). The van der Waals surface area contributed by atoms with Crippen molar-refractivity contribution in [2.75, 3.05) is 13.1 Å². The van der Waals surface area contributed by atoms with E-state index in [0.29, 0.717) is 6.54 Å². The molecular formula is C18H26N4O2. The summed E-state index contributed by atoms with van der Waals surface area (Å²) in [7, 11) is 0. The molecule has 24 heavy (non-hydrogen) atoms. The van der Waals surface area contributed by atoms with Crippen molar-refractivity contribution < 1.29 is 9.21 Å². The van der Waals surface area contributed by atoms with Crippen LogP contribution in [0.3, 0.4) is 0 Å². The van der Waals surface area contributed by atoms with Crippen LogP contribution in [0.15, 0.2) is 35.3 Å². The molecule has 1 aliphatic heterocycles. The van der Waals surface area contributed by atoms with Crippen LogP contribution >= 0.6 is 0 Å². The molecule has 0 unspecified atom stereocenters. The first kappa shape index (κ1) is 16.6. The Bertz CT molecular complexity index is 635. The molecule has 1 atom stereocenters. The van der Waals surface area contributed by atoms with Gasteiger partial charge in [-0.1, -0.05) is 12.8 Å². The van der Waals surface area contributed by atoms with Crippen LogP contribution in [-0.2, 0) is 6.54 Å². The van der Waals surface area contributed by atoms with Crippen molar-refractivity contribution in [1.82, 2.24) is 19.8 Å². The number of hydrogen-bond acceptors (Lipinski definition) is 3. The van der Waals surface area contributed by atoms with Crippen molar-refractivity contribution in [3.63, 3.8) is 0 Å². The highest BCUT2D eigenvalue weighted by Crippen LogP contribution is 2.31. The average molecular weight is 330 g/mol. The Morgan fingerprint density at radius 2 is 2.29 bits per heavy atom. The predicted octanol–water partition coefficient (Wildman–Crippen LogP) is 3.50. The number of likely N-dealkylation sites (tertiary alicyclic amines) is 1. The number of furan rings is 1.